The van der Waals surface area contributed by atoms with E-state index in [1.807, 2.05) is 30.3 Å². The van der Waals surface area contributed by atoms with Crippen molar-refractivity contribution in [2.75, 3.05) is 19.0 Å². The van der Waals surface area contributed by atoms with E-state index in [2.05, 4.69) is 31.1 Å². The van der Waals surface area contributed by atoms with Gasteiger partial charge < -0.3 is 10.1 Å². The predicted octanol–water partition coefficient (Wildman–Crippen LogP) is 3.78. The molecular formula is C17H23N3O. The van der Waals surface area contributed by atoms with E-state index in [1.165, 1.54) is 0 Å². The predicted molar refractivity (Wildman–Crippen MR) is 86.7 cm³/mol. The number of hydrogen-bond donors (Lipinski definition) is 1. The lowest BCUT2D eigenvalue weighted by Crippen LogP contribution is -2.06. The minimum absolute atomic E-state index is 0.563. The van der Waals surface area contributed by atoms with Gasteiger partial charge in [-0.2, -0.15) is 0 Å². The molecule has 1 N–H and O–H groups in total. The van der Waals surface area contributed by atoms with Crippen molar-refractivity contribution in [3.05, 3.63) is 36.0 Å². The number of methoxy groups -OCH3 is 1. The summed E-state index contributed by atoms with van der Waals surface area (Å²) in [7, 11) is 1.67. The van der Waals surface area contributed by atoms with Gasteiger partial charge in [-0.05, 0) is 31.4 Å². The number of benzene rings is 1. The first-order valence-electron chi connectivity index (χ1n) is 7.38. The minimum Gasteiger partial charge on any atom is -0.497 e. The highest BCUT2D eigenvalue weighted by atomic mass is 16.5. The molecule has 1 aromatic carbocycles. The number of aromatic nitrogens is 2. The zero-order chi connectivity index (χ0) is 15.2. The molecule has 0 bridgehead atoms. The third-order valence-corrected chi connectivity index (χ3v) is 3.08. The van der Waals surface area contributed by atoms with Gasteiger partial charge in [-0.1, -0.05) is 26.0 Å². The van der Waals surface area contributed by atoms with Crippen LogP contribution >= 0.6 is 0 Å². The van der Waals surface area contributed by atoms with Crippen molar-refractivity contribution in [3.8, 4) is 17.1 Å². The molecule has 2 aromatic rings. The van der Waals surface area contributed by atoms with Gasteiger partial charge in [-0.25, -0.2) is 9.97 Å². The van der Waals surface area contributed by atoms with Crippen molar-refractivity contribution in [3.63, 3.8) is 0 Å². The molecule has 112 valence electrons. The SMILES string of the molecule is CCNc1cc(CC(C)C)nc(-c2cccc(OC)c2)n1. The van der Waals surface area contributed by atoms with Crippen molar-refractivity contribution in [2.24, 2.45) is 5.92 Å². The molecule has 0 fully saturated rings. The normalized spacial score (nSPS) is 10.7. The van der Waals surface area contributed by atoms with E-state index in [9.17, 15) is 0 Å². The Morgan fingerprint density at radius 3 is 2.67 bits per heavy atom. The number of anilines is 1. The number of nitrogens with one attached hydrogen (secondary N) is 1. The highest BCUT2D eigenvalue weighted by Gasteiger charge is 2.09. The molecule has 0 saturated carbocycles. The first-order valence-corrected chi connectivity index (χ1v) is 7.38. The van der Waals surface area contributed by atoms with Gasteiger partial charge in [0.1, 0.15) is 11.6 Å². The molecule has 21 heavy (non-hydrogen) atoms. The van der Waals surface area contributed by atoms with Crippen LogP contribution in [0.3, 0.4) is 0 Å². The van der Waals surface area contributed by atoms with E-state index in [1.54, 1.807) is 7.11 Å². The van der Waals surface area contributed by atoms with Gasteiger partial charge in [0.2, 0.25) is 0 Å². The molecule has 0 aliphatic carbocycles. The van der Waals surface area contributed by atoms with Gasteiger partial charge in [-0.15, -0.1) is 0 Å². The third kappa shape index (κ3) is 4.18. The Bertz CT molecular complexity index is 596. The maximum absolute atomic E-state index is 5.28. The van der Waals surface area contributed by atoms with Crippen LogP contribution in [0, 0.1) is 5.92 Å². The van der Waals surface area contributed by atoms with Crippen LogP contribution in [0.2, 0.25) is 0 Å². The average molecular weight is 285 g/mol. The molecule has 0 radical (unpaired) electrons. The van der Waals surface area contributed by atoms with E-state index < -0.39 is 0 Å². The second-order valence-electron chi connectivity index (χ2n) is 5.43. The summed E-state index contributed by atoms with van der Waals surface area (Å²) < 4.78 is 5.28. The van der Waals surface area contributed by atoms with Crippen molar-refractivity contribution in [1.82, 2.24) is 9.97 Å². The zero-order valence-electron chi connectivity index (χ0n) is 13.2. The number of ether oxygens (including phenoxy) is 1. The van der Waals surface area contributed by atoms with Crippen LogP contribution in [0.25, 0.3) is 11.4 Å². The molecule has 4 heteroatoms. The second kappa shape index (κ2) is 7.07. The molecule has 2 rings (SSSR count). The van der Waals surface area contributed by atoms with Crippen LogP contribution in [-0.4, -0.2) is 23.6 Å². The molecule has 0 spiro atoms. The topological polar surface area (TPSA) is 47.0 Å². The van der Waals surface area contributed by atoms with Crippen molar-refractivity contribution < 1.29 is 4.74 Å². The summed E-state index contributed by atoms with van der Waals surface area (Å²) in [5, 5.41) is 3.28. The first-order chi connectivity index (χ1) is 10.1. The summed E-state index contributed by atoms with van der Waals surface area (Å²) >= 11 is 0. The molecular weight excluding hydrogens is 262 g/mol. The molecule has 0 amide bonds. The summed E-state index contributed by atoms with van der Waals surface area (Å²) in [6.07, 6.45) is 0.942. The summed E-state index contributed by atoms with van der Waals surface area (Å²) in [6.45, 7) is 7.30. The van der Waals surface area contributed by atoms with Crippen LogP contribution in [-0.2, 0) is 6.42 Å². The minimum atomic E-state index is 0.563. The largest absolute Gasteiger partial charge is 0.497 e. The third-order valence-electron chi connectivity index (χ3n) is 3.08. The summed E-state index contributed by atoms with van der Waals surface area (Å²) in [5.74, 6) is 2.99. The Morgan fingerprint density at radius 2 is 2.00 bits per heavy atom. The van der Waals surface area contributed by atoms with Gasteiger partial charge in [0.25, 0.3) is 0 Å². The van der Waals surface area contributed by atoms with E-state index in [0.717, 1.165) is 41.6 Å². The van der Waals surface area contributed by atoms with E-state index in [0.29, 0.717) is 5.92 Å². The maximum atomic E-state index is 5.28. The maximum Gasteiger partial charge on any atom is 0.161 e. The Labute approximate surface area is 126 Å². The molecule has 1 heterocycles. The van der Waals surface area contributed by atoms with Crippen LogP contribution in [0.5, 0.6) is 5.75 Å². The van der Waals surface area contributed by atoms with Crippen molar-refractivity contribution in [1.29, 1.82) is 0 Å². The van der Waals surface area contributed by atoms with Crippen LogP contribution in [0.15, 0.2) is 30.3 Å². The summed E-state index contributed by atoms with van der Waals surface area (Å²) in [6, 6.07) is 9.89. The van der Waals surface area contributed by atoms with E-state index in [-0.39, 0.29) is 0 Å². The molecule has 0 atom stereocenters. The van der Waals surface area contributed by atoms with Gasteiger partial charge in [0.15, 0.2) is 5.82 Å². The average Bonchev–Trinajstić information content (AvgIpc) is 2.46. The van der Waals surface area contributed by atoms with E-state index in [4.69, 9.17) is 9.72 Å². The van der Waals surface area contributed by atoms with Gasteiger partial charge >= 0.3 is 0 Å². The summed E-state index contributed by atoms with van der Waals surface area (Å²) in [5.41, 5.74) is 2.04. The fraction of sp³-hybridized carbons (Fsp3) is 0.412. The van der Waals surface area contributed by atoms with Crippen LogP contribution in [0.1, 0.15) is 26.5 Å². The molecule has 4 nitrogen and oxygen atoms in total. The van der Waals surface area contributed by atoms with Gasteiger partial charge in [-0.3, -0.25) is 0 Å². The van der Waals surface area contributed by atoms with Crippen molar-refractivity contribution in [2.45, 2.75) is 27.2 Å². The zero-order valence-corrected chi connectivity index (χ0v) is 13.2. The highest BCUT2D eigenvalue weighted by Crippen LogP contribution is 2.23. The molecule has 0 aliphatic rings. The Balaban J connectivity index is 2.42. The lowest BCUT2D eigenvalue weighted by atomic mass is 10.1. The number of hydrogen-bond acceptors (Lipinski definition) is 4. The van der Waals surface area contributed by atoms with Gasteiger partial charge in [0.05, 0.1) is 7.11 Å². The highest BCUT2D eigenvalue weighted by molar-refractivity contribution is 5.59. The Kier molecular flexibility index (Phi) is 5.14. The molecule has 1 aromatic heterocycles. The molecule has 0 aliphatic heterocycles. The number of rotatable bonds is 6. The smallest absolute Gasteiger partial charge is 0.161 e. The second-order valence-corrected chi connectivity index (χ2v) is 5.43. The summed E-state index contributed by atoms with van der Waals surface area (Å²) in [4.78, 5) is 9.29. The fourth-order valence-electron chi connectivity index (χ4n) is 2.18. The van der Waals surface area contributed by atoms with E-state index >= 15 is 0 Å². The van der Waals surface area contributed by atoms with Crippen LogP contribution < -0.4 is 10.1 Å². The monoisotopic (exact) mass is 285 g/mol. The molecule has 0 unspecified atom stereocenters. The Morgan fingerprint density at radius 1 is 1.19 bits per heavy atom. The van der Waals surface area contributed by atoms with Crippen molar-refractivity contribution >= 4 is 5.82 Å². The standard InChI is InChI=1S/C17H23N3O/c1-5-18-16-11-14(9-12(2)3)19-17(20-16)13-7-6-8-15(10-13)21-4/h6-8,10-12H,5,9H2,1-4H3,(H,18,19,20). The van der Waals surface area contributed by atoms with Crippen LogP contribution in [0.4, 0.5) is 5.82 Å². The lowest BCUT2D eigenvalue weighted by Gasteiger charge is -2.11. The molecule has 0 saturated heterocycles. The lowest BCUT2D eigenvalue weighted by molar-refractivity contribution is 0.415. The fourth-order valence-corrected chi connectivity index (χ4v) is 2.18. The first kappa shape index (κ1) is 15.3. The quantitative estimate of drug-likeness (QED) is 0.877. The Hall–Kier alpha value is -2.10. The van der Waals surface area contributed by atoms with Gasteiger partial charge in [0, 0.05) is 23.9 Å². The number of nitrogens with zero attached hydrogens (tertiary/aromatic N) is 2.